The zero-order chi connectivity index (χ0) is 19.7. The van der Waals surface area contributed by atoms with Gasteiger partial charge in [0.1, 0.15) is 17.6 Å². The van der Waals surface area contributed by atoms with Gasteiger partial charge in [-0.3, -0.25) is 14.4 Å². The number of nitrogens with zero attached hydrogens (tertiary/aromatic N) is 2. The third-order valence-electron chi connectivity index (χ3n) is 4.48. The van der Waals surface area contributed by atoms with Gasteiger partial charge in [-0.05, 0) is 47.8 Å². The Hall–Kier alpha value is -3.26. The first kappa shape index (κ1) is 18.1. The maximum atomic E-state index is 13.2. The number of halogens is 1. The summed E-state index contributed by atoms with van der Waals surface area (Å²) < 4.78 is 18.5. The fourth-order valence-corrected chi connectivity index (χ4v) is 3.84. The molecule has 6 nitrogen and oxygen atoms in total. The summed E-state index contributed by atoms with van der Waals surface area (Å²) >= 11 is 1.26. The van der Waals surface area contributed by atoms with Gasteiger partial charge in [-0.1, -0.05) is 6.07 Å². The fraction of sp³-hybridized carbons (Fsp3) is 0.150. The average Bonchev–Trinajstić information content (AvgIpc) is 3.43. The summed E-state index contributed by atoms with van der Waals surface area (Å²) in [7, 11) is 0. The SMILES string of the molecule is O=C1CC(N(Cc2ccco2)C(=O)c2cccs2)C(=O)N1c1ccc(F)cc1. The van der Waals surface area contributed by atoms with Crippen molar-refractivity contribution in [2.24, 2.45) is 0 Å². The van der Waals surface area contributed by atoms with Gasteiger partial charge in [-0.2, -0.15) is 0 Å². The molecule has 8 heteroatoms. The number of furan rings is 1. The second-order valence-electron chi connectivity index (χ2n) is 6.25. The van der Waals surface area contributed by atoms with Gasteiger partial charge in [-0.25, -0.2) is 9.29 Å². The summed E-state index contributed by atoms with van der Waals surface area (Å²) in [5.41, 5.74) is 0.278. The molecular formula is C20H15FN2O4S. The van der Waals surface area contributed by atoms with Crippen molar-refractivity contribution in [2.45, 2.75) is 19.0 Å². The molecule has 0 radical (unpaired) electrons. The van der Waals surface area contributed by atoms with Crippen molar-refractivity contribution in [1.29, 1.82) is 0 Å². The average molecular weight is 398 g/mol. The highest BCUT2D eigenvalue weighted by molar-refractivity contribution is 7.12. The van der Waals surface area contributed by atoms with Crippen molar-refractivity contribution in [3.63, 3.8) is 0 Å². The van der Waals surface area contributed by atoms with E-state index in [1.54, 1.807) is 29.6 Å². The number of hydrogen-bond donors (Lipinski definition) is 0. The molecule has 0 saturated carbocycles. The quantitative estimate of drug-likeness (QED) is 0.617. The van der Waals surface area contributed by atoms with Crippen molar-refractivity contribution in [2.75, 3.05) is 4.90 Å². The smallest absolute Gasteiger partial charge is 0.265 e. The first-order valence-electron chi connectivity index (χ1n) is 8.54. The number of amides is 3. The summed E-state index contributed by atoms with van der Waals surface area (Å²) in [5, 5.41) is 1.77. The van der Waals surface area contributed by atoms with E-state index in [0.29, 0.717) is 10.6 Å². The van der Waals surface area contributed by atoms with Crippen molar-refractivity contribution in [3.05, 3.63) is 76.6 Å². The molecule has 1 aromatic carbocycles. The van der Waals surface area contributed by atoms with Crippen LogP contribution in [0.5, 0.6) is 0 Å². The molecule has 0 aliphatic carbocycles. The summed E-state index contributed by atoms with van der Waals surface area (Å²) in [6.45, 7) is 0.0602. The molecule has 4 rings (SSSR count). The molecule has 1 atom stereocenters. The van der Waals surface area contributed by atoms with Crippen molar-refractivity contribution in [1.82, 2.24) is 4.90 Å². The third kappa shape index (κ3) is 3.34. The lowest BCUT2D eigenvalue weighted by atomic mass is 10.2. The highest BCUT2D eigenvalue weighted by Crippen LogP contribution is 2.28. The molecule has 3 aromatic rings. The number of anilines is 1. The van der Waals surface area contributed by atoms with Gasteiger partial charge in [0.2, 0.25) is 5.91 Å². The van der Waals surface area contributed by atoms with E-state index < -0.39 is 23.7 Å². The van der Waals surface area contributed by atoms with Crippen LogP contribution in [0, 0.1) is 5.82 Å². The predicted molar refractivity (Wildman–Crippen MR) is 100 cm³/mol. The van der Waals surface area contributed by atoms with Crippen LogP contribution in [0.25, 0.3) is 0 Å². The first-order chi connectivity index (χ1) is 13.5. The van der Waals surface area contributed by atoms with Gasteiger partial charge in [0, 0.05) is 0 Å². The highest BCUT2D eigenvalue weighted by Gasteiger charge is 2.44. The lowest BCUT2D eigenvalue weighted by Gasteiger charge is -2.26. The highest BCUT2D eigenvalue weighted by atomic mass is 32.1. The molecular weight excluding hydrogens is 383 g/mol. The van der Waals surface area contributed by atoms with Crippen LogP contribution in [0.15, 0.2) is 64.6 Å². The fourth-order valence-electron chi connectivity index (χ4n) is 3.16. The molecule has 1 fully saturated rings. The van der Waals surface area contributed by atoms with Crippen LogP contribution in [0.3, 0.4) is 0 Å². The van der Waals surface area contributed by atoms with Crippen LogP contribution in [0.4, 0.5) is 10.1 Å². The van der Waals surface area contributed by atoms with Crippen LogP contribution in [0.1, 0.15) is 21.9 Å². The van der Waals surface area contributed by atoms with Crippen LogP contribution >= 0.6 is 11.3 Å². The topological polar surface area (TPSA) is 70.8 Å². The monoisotopic (exact) mass is 398 g/mol. The summed E-state index contributed by atoms with van der Waals surface area (Å²) in [5.74, 6) is -1.27. The Morgan fingerprint density at radius 2 is 1.96 bits per heavy atom. The van der Waals surface area contributed by atoms with Crippen molar-refractivity contribution >= 4 is 34.7 Å². The molecule has 1 saturated heterocycles. The van der Waals surface area contributed by atoms with E-state index in [9.17, 15) is 18.8 Å². The molecule has 2 aromatic heterocycles. The second-order valence-corrected chi connectivity index (χ2v) is 7.20. The molecule has 0 N–H and O–H groups in total. The Morgan fingerprint density at radius 3 is 2.61 bits per heavy atom. The number of thiophene rings is 1. The van der Waals surface area contributed by atoms with Crippen LogP contribution < -0.4 is 4.90 Å². The molecule has 0 spiro atoms. The van der Waals surface area contributed by atoms with Gasteiger partial charge in [0.05, 0.1) is 29.8 Å². The largest absolute Gasteiger partial charge is 0.467 e. The molecule has 28 heavy (non-hydrogen) atoms. The number of rotatable bonds is 5. The standard InChI is InChI=1S/C20H15FN2O4S/c21-13-5-7-14(8-6-13)23-18(24)11-16(19(23)25)22(12-15-3-1-9-27-15)20(26)17-4-2-10-28-17/h1-10,16H,11-12H2. The maximum Gasteiger partial charge on any atom is 0.265 e. The van der Waals surface area contributed by atoms with Crippen LogP contribution in [0.2, 0.25) is 0 Å². The molecule has 3 amide bonds. The van der Waals surface area contributed by atoms with E-state index in [-0.39, 0.29) is 24.6 Å². The zero-order valence-corrected chi connectivity index (χ0v) is 15.4. The minimum absolute atomic E-state index is 0.0602. The summed E-state index contributed by atoms with van der Waals surface area (Å²) in [6, 6.07) is 10.9. The predicted octanol–water partition coefficient (Wildman–Crippen LogP) is 3.45. The Kier molecular flexibility index (Phi) is 4.79. The Labute approximate surface area is 163 Å². The molecule has 142 valence electrons. The van der Waals surface area contributed by atoms with Crippen LogP contribution in [-0.2, 0) is 16.1 Å². The van der Waals surface area contributed by atoms with Gasteiger partial charge in [0.15, 0.2) is 0 Å². The zero-order valence-electron chi connectivity index (χ0n) is 14.6. The lowest BCUT2D eigenvalue weighted by Crippen LogP contribution is -2.44. The van der Waals surface area contributed by atoms with Crippen LogP contribution in [-0.4, -0.2) is 28.7 Å². The number of imide groups is 1. The Balaban J connectivity index is 1.66. The molecule has 0 bridgehead atoms. The maximum absolute atomic E-state index is 13.2. The second kappa shape index (κ2) is 7.40. The third-order valence-corrected chi connectivity index (χ3v) is 5.34. The van der Waals surface area contributed by atoms with Gasteiger partial charge < -0.3 is 9.32 Å². The van der Waals surface area contributed by atoms with E-state index in [1.165, 1.54) is 46.8 Å². The van der Waals surface area contributed by atoms with Gasteiger partial charge in [-0.15, -0.1) is 11.3 Å². The lowest BCUT2D eigenvalue weighted by molar-refractivity contribution is -0.122. The van der Waals surface area contributed by atoms with E-state index in [2.05, 4.69) is 0 Å². The van der Waals surface area contributed by atoms with Gasteiger partial charge in [0.25, 0.3) is 11.8 Å². The number of benzene rings is 1. The Bertz CT molecular complexity index is 1000. The summed E-state index contributed by atoms with van der Waals surface area (Å²) in [4.78, 5) is 41.4. The van der Waals surface area contributed by atoms with Crippen molar-refractivity contribution < 1.29 is 23.2 Å². The normalized spacial score (nSPS) is 16.6. The molecule has 3 heterocycles. The van der Waals surface area contributed by atoms with E-state index in [4.69, 9.17) is 4.42 Å². The minimum Gasteiger partial charge on any atom is -0.467 e. The van der Waals surface area contributed by atoms with E-state index >= 15 is 0 Å². The molecule has 1 unspecified atom stereocenters. The molecule has 1 aliphatic heterocycles. The van der Waals surface area contributed by atoms with Gasteiger partial charge >= 0.3 is 0 Å². The number of carbonyl (C=O) groups excluding carboxylic acids is 3. The van der Waals surface area contributed by atoms with E-state index in [0.717, 1.165) is 4.90 Å². The van der Waals surface area contributed by atoms with Crippen molar-refractivity contribution in [3.8, 4) is 0 Å². The first-order valence-corrected chi connectivity index (χ1v) is 9.42. The summed E-state index contributed by atoms with van der Waals surface area (Å²) in [6.07, 6.45) is 1.34. The number of hydrogen-bond acceptors (Lipinski definition) is 5. The molecule has 1 aliphatic rings. The van der Waals surface area contributed by atoms with E-state index in [1.807, 2.05) is 0 Å². The number of carbonyl (C=O) groups is 3. The Morgan fingerprint density at radius 1 is 1.18 bits per heavy atom. The minimum atomic E-state index is -0.961.